The van der Waals surface area contributed by atoms with Crippen LogP contribution in [0.5, 0.6) is 0 Å². The van der Waals surface area contributed by atoms with Crippen molar-refractivity contribution in [2.45, 2.75) is 64.0 Å². The Morgan fingerprint density at radius 2 is 2.09 bits per heavy atom. The minimum Gasteiger partial charge on any atom is -0.480 e. The SMILES string of the molecule is CC(C)c1cc(C(=O)N2[C@H](C(=O)O)C[C@@H]3CCCC[C@@H]32)n[nH]1. The lowest BCUT2D eigenvalue weighted by Crippen LogP contribution is -2.46. The Bertz CT molecular complexity index is 581. The zero-order chi connectivity index (χ0) is 15.9. The van der Waals surface area contributed by atoms with Crippen LogP contribution in [0.15, 0.2) is 6.07 Å². The summed E-state index contributed by atoms with van der Waals surface area (Å²) < 4.78 is 0. The van der Waals surface area contributed by atoms with E-state index in [9.17, 15) is 14.7 Å². The number of carboxylic acid groups (broad SMARTS) is 1. The highest BCUT2D eigenvalue weighted by Crippen LogP contribution is 2.40. The van der Waals surface area contributed by atoms with E-state index in [-0.39, 0.29) is 17.9 Å². The maximum atomic E-state index is 12.8. The van der Waals surface area contributed by atoms with Crippen molar-refractivity contribution in [3.63, 3.8) is 0 Å². The molecule has 0 bridgehead atoms. The summed E-state index contributed by atoms with van der Waals surface area (Å²) in [5, 5.41) is 16.5. The van der Waals surface area contributed by atoms with E-state index in [1.54, 1.807) is 11.0 Å². The van der Waals surface area contributed by atoms with Crippen molar-refractivity contribution in [2.24, 2.45) is 5.92 Å². The lowest BCUT2D eigenvalue weighted by atomic mass is 9.84. The highest BCUT2D eigenvalue weighted by atomic mass is 16.4. The van der Waals surface area contributed by atoms with E-state index >= 15 is 0 Å². The fourth-order valence-corrected chi connectivity index (χ4v) is 3.85. The minimum atomic E-state index is -0.901. The molecule has 120 valence electrons. The number of nitrogens with one attached hydrogen (secondary N) is 1. The molecule has 22 heavy (non-hydrogen) atoms. The summed E-state index contributed by atoms with van der Waals surface area (Å²) in [7, 11) is 0. The first-order chi connectivity index (χ1) is 10.5. The number of hydrogen-bond acceptors (Lipinski definition) is 3. The molecule has 0 unspecified atom stereocenters. The van der Waals surface area contributed by atoms with Gasteiger partial charge in [0.05, 0.1) is 0 Å². The van der Waals surface area contributed by atoms with Crippen LogP contribution >= 0.6 is 0 Å². The van der Waals surface area contributed by atoms with Crippen LogP contribution in [0.4, 0.5) is 0 Å². The molecule has 1 saturated heterocycles. The molecule has 3 atom stereocenters. The lowest BCUT2D eigenvalue weighted by molar-refractivity contribution is -0.141. The molecule has 0 aromatic carbocycles. The smallest absolute Gasteiger partial charge is 0.326 e. The van der Waals surface area contributed by atoms with E-state index in [0.717, 1.165) is 31.4 Å². The van der Waals surface area contributed by atoms with Crippen LogP contribution in [0.1, 0.15) is 68.1 Å². The Labute approximate surface area is 129 Å². The zero-order valence-corrected chi connectivity index (χ0v) is 13.1. The molecule has 0 spiro atoms. The van der Waals surface area contributed by atoms with Gasteiger partial charge in [0.25, 0.3) is 5.91 Å². The Hall–Kier alpha value is -1.85. The van der Waals surface area contributed by atoms with Crippen LogP contribution in [0.2, 0.25) is 0 Å². The van der Waals surface area contributed by atoms with E-state index in [4.69, 9.17) is 0 Å². The molecule has 1 aromatic heterocycles. The summed E-state index contributed by atoms with van der Waals surface area (Å²) in [5.74, 6) is -0.569. The van der Waals surface area contributed by atoms with Gasteiger partial charge < -0.3 is 10.0 Å². The molecule has 1 saturated carbocycles. The third kappa shape index (κ3) is 2.51. The van der Waals surface area contributed by atoms with Crippen LogP contribution in [0.3, 0.4) is 0 Å². The lowest BCUT2D eigenvalue weighted by Gasteiger charge is -2.32. The van der Waals surface area contributed by atoms with Crippen molar-refractivity contribution >= 4 is 11.9 Å². The van der Waals surface area contributed by atoms with Gasteiger partial charge in [0.15, 0.2) is 0 Å². The molecule has 6 heteroatoms. The predicted molar refractivity (Wildman–Crippen MR) is 80.6 cm³/mol. The van der Waals surface area contributed by atoms with Crippen LogP contribution in [0, 0.1) is 5.92 Å². The zero-order valence-electron chi connectivity index (χ0n) is 13.1. The van der Waals surface area contributed by atoms with E-state index in [1.807, 2.05) is 13.8 Å². The summed E-state index contributed by atoms with van der Waals surface area (Å²) in [5.41, 5.74) is 1.23. The summed E-state index contributed by atoms with van der Waals surface area (Å²) in [6.45, 7) is 4.05. The first-order valence-corrected chi connectivity index (χ1v) is 8.09. The van der Waals surface area contributed by atoms with Gasteiger partial charge in [-0.05, 0) is 37.2 Å². The summed E-state index contributed by atoms with van der Waals surface area (Å²) in [6.07, 6.45) is 4.70. The van der Waals surface area contributed by atoms with Gasteiger partial charge in [-0.1, -0.05) is 26.7 Å². The third-order valence-electron chi connectivity index (χ3n) is 5.05. The van der Waals surface area contributed by atoms with E-state index < -0.39 is 12.0 Å². The Balaban J connectivity index is 1.88. The monoisotopic (exact) mass is 305 g/mol. The van der Waals surface area contributed by atoms with Crippen molar-refractivity contribution in [3.05, 3.63) is 17.5 Å². The van der Waals surface area contributed by atoms with Gasteiger partial charge in [-0.3, -0.25) is 9.89 Å². The van der Waals surface area contributed by atoms with Gasteiger partial charge >= 0.3 is 5.97 Å². The predicted octanol–water partition coefficient (Wildman–Crippen LogP) is 2.39. The molecule has 2 fully saturated rings. The highest BCUT2D eigenvalue weighted by molar-refractivity contribution is 5.95. The second-order valence-corrected chi connectivity index (χ2v) is 6.78. The van der Waals surface area contributed by atoms with Gasteiger partial charge in [0.2, 0.25) is 0 Å². The van der Waals surface area contributed by atoms with Crippen LogP contribution < -0.4 is 0 Å². The fraction of sp³-hybridized carbons (Fsp3) is 0.688. The average molecular weight is 305 g/mol. The molecule has 1 amide bonds. The van der Waals surface area contributed by atoms with Crippen molar-refractivity contribution < 1.29 is 14.7 Å². The molecule has 6 nitrogen and oxygen atoms in total. The molecule has 3 rings (SSSR count). The number of aromatic amines is 1. The Kier molecular flexibility index (Phi) is 3.93. The number of likely N-dealkylation sites (tertiary alicyclic amines) is 1. The number of rotatable bonds is 3. The quantitative estimate of drug-likeness (QED) is 0.897. The number of H-pyrrole nitrogens is 1. The van der Waals surface area contributed by atoms with Gasteiger partial charge in [0, 0.05) is 11.7 Å². The summed E-state index contributed by atoms with van der Waals surface area (Å²) >= 11 is 0. The van der Waals surface area contributed by atoms with Crippen LogP contribution in [-0.2, 0) is 4.79 Å². The first-order valence-electron chi connectivity index (χ1n) is 8.09. The molecule has 0 radical (unpaired) electrons. The van der Waals surface area contributed by atoms with Crippen molar-refractivity contribution in [1.82, 2.24) is 15.1 Å². The molecule has 1 aromatic rings. The van der Waals surface area contributed by atoms with Gasteiger partial charge in [0.1, 0.15) is 11.7 Å². The summed E-state index contributed by atoms with van der Waals surface area (Å²) in [6, 6.07) is 1.10. The number of aromatic nitrogens is 2. The Morgan fingerprint density at radius 1 is 1.36 bits per heavy atom. The average Bonchev–Trinajstić information content (AvgIpc) is 3.11. The van der Waals surface area contributed by atoms with Crippen molar-refractivity contribution in [1.29, 1.82) is 0 Å². The first kappa shape index (κ1) is 15.1. The number of fused-ring (bicyclic) bond motifs is 1. The number of carbonyl (C=O) groups is 2. The van der Waals surface area contributed by atoms with Crippen LogP contribution in [0.25, 0.3) is 0 Å². The topological polar surface area (TPSA) is 86.3 Å². The third-order valence-corrected chi connectivity index (χ3v) is 5.05. The normalized spacial score (nSPS) is 28.0. The van der Waals surface area contributed by atoms with Crippen molar-refractivity contribution in [3.8, 4) is 0 Å². The van der Waals surface area contributed by atoms with E-state index in [1.165, 1.54) is 0 Å². The standard InChI is InChI=1S/C16H23N3O3/c1-9(2)11-8-12(18-17-11)15(20)19-13-6-4-3-5-10(13)7-14(19)16(21)22/h8-10,13-14H,3-7H2,1-2H3,(H,17,18)(H,21,22)/t10-,13-,14-/m0/s1. The Morgan fingerprint density at radius 3 is 2.73 bits per heavy atom. The molecule has 2 N–H and O–H groups in total. The number of carbonyl (C=O) groups excluding carboxylic acids is 1. The van der Waals surface area contributed by atoms with Crippen LogP contribution in [-0.4, -0.2) is 44.2 Å². The van der Waals surface area contributed by atoms with Gasteiger partial charge in [-0.15, -0.1) is 0 Å². The number of nitrogens with zero attached hydrogens (tertiary/aromatic N) is 2. The molecule has 2 aliphatic rings. The summed E-state index contributed by atoms with van der Waals surface area (Å²) in [4.78, 5) is 26.0. The maximum Gasteiger partial charge on any atom is 0.326 e. The van der Waals surface area contributed by atoms with Gasteiger partial charge in [-0.2, -0.15) is 5.10 Å². The molecular weight excluding hydrogens is 282 g/mol. The van der Waals surface area contributed by atoms with E-state index in [2.05, 4.69) is 10.2 Å². The number of amides is 1. The van der Waals surface area contributed by atoms with Crippen molar-refractivity contribution in [2.75, 3.05) is 0 Å². The number of hydrogen-bond donors (Lipinski definition) is 2. The second kappa shape index (κ2) is 5.74. The minimum absolute atomic E-state index is 0.0570. The molecular formula is C16H23N3O3. The second-order valence-electron chi connectivity index (χ2n) is 6.78. The fourth-order valence-electron chi connectivity index (χ4n) is 3.85. The number of aliphatic carboxylic acids is 1. The molecule has 1 aliphatic heterocycles. The largest absolute Gasteiger partial charge is 0.480 e. The highest BCUT2D eigenvalue weighted by Gasteiger charge is 2.48. The maximum absolute atomic E-state index is 12.8. The number of carboxylic acids is 1. The molecule has 2 heterocycles. The van der Waals surface area contributed by atoms with E-state index in [0.29, 0.717) is 18.0 Å². The van der Waals surface area contributed by atoms with Gasteiger partial charge in [-0.25, -0.2) is 4.79 Å². The molecule has 1 aliphatic carbocycles.